The summed E-state index contributed by atoms with van der Waals surface area (Å²) in [6.07, 6.45) is 0.946. The van der Waals surface area contributed by atoms with Crippen molar-refractivity contribution < 1.29 is 4.79 Å². The fourth-order valence-corrected chi connectivity index (χ4v) is 3.99. The molecule has 1 fully saturated rings. The molecule has 1 N–H and O–H groups in total. The first-order valence-electron chi connectivity index (χ1n) is 6.65. The van der Waals surface area contributed by atoms with Crippen LogP contribution in [0.5, 0.6) is 0 Å². The third-order valence-corrected chi connectivity index (χ3v) is 5.66. The third-order valence-electron chi connectivity index (χ3n) is 4.11. The van der Waals surface area contributed by atoms with E-state index in [1.807, 2.05) is 11.9 Å². The topological polar surface area (TPSA) is 32.3 Å². The number of hydrogen-bond donors (Lipinski definition) is 1. The van der Waals surface area contributed by atoms with E-state index in [0.717, 1.165) is 23.3 Å². The van der Waals surface area contributed by atoms with Gasteiger partial charge in [-0.2, -0.15) is 0 Å². The molecule has 1 saturated heterocycles. The summed E-state index contributed by atoms with van der Waals surface area (Å²) in [4.78, 5) is 14.7. The van der Waals surface area contributed by atoms with Crippen molar-refractivity contribution in [3.8, 4) is 0 Å². The van der Waals surface area contributed by atoms with Crippen molar-refractivity contribution >= 4 is 33.2 Å². The molecule has 0 bridgehead atoms. The minimum atomic E-state index is -0.220. The largest absolute Gasteiger partial charge is 0.341 e. The number of hydrogen-bond acceptors (Lipinski definition) is 3. The number of nitrogens with one attached hydrogen (secondary N) is 1. The molecule has 1 aliphatic heterocycles. The van der Waals surface area contributed by atoms with E-state index in [2.05, 4.69) is 46.5 Å². The van der Waals surface area contributed by atoms with Gasteiger partial charge in [-0.3, -0.25) is 4.79 Å². The molecule has 0 aliphatic carbocycles. The SMILES string of the molecule is CC(C)C1(C(=O)N(C)Cc2csc(Br)c2)CCNC1. The van der Waals surface area contributed by atoms with Crippen molar-refractivity contribution in [3.05, 3.63) is 20.8 Å². The highest BCUT2D eigenvalue weighted by atomic mass is 79.9. The summed E-state index contributed by atoms with van der Waals surface area (Å²) in [7, 11) is 1.91. The molecular formula is C14H21BrN2OS. The molecule has 0 aromatic carbocycles. The van der Waals surface area contributed by atoms with E-state index in [1.165, 1.54) is 5.56 Å². The second-order valence-corrected chi connectivity index (χ2v) is 7.95. The van der Waals surface area contributed by atoms with Crippen LogP contribution in [-0.4, -0.2) is 30.9 Å². The first-order valence-corrected chi connectivity index (χ1v) is 8.32. The Labute approximate surface area is 127 Å². The Balaban J connectivity index is 2.09. The van der Waals surface area contributed by atoms with Crippen LogP contribution < -0.4 is 5.32 Å². The maximum Gasteiger partial charge on any atom is 0.230 e. The summed E-state index contributed by atoms with van der Waals surface area (Å²) in [5, 5.41) is 5.45. The Morgan fingerprint density at radius 2 is 2.37 bits per heavy atom. The lowest BCUT2D eigenvalue weighted by molar-refractivity contribution is -0.142. The zero-order valence-corrected chi connectivity index (χ0v) is 14.1. The molecule has 106 valence electrons. The van der Waals surface area contributed by atoms with E-state index in [1.54, 1.807) is 11.3 Å². The van der Waals surface area contributed by atoms with Crippen molar-refractivity contribution in [1.82, 2.24) is 10.2 Å². The quantitative estimate of drug-likeness (QED) is 0.910. The summed E-state index contributed by atoms with van der Waals surface area (Å²) >= 11 is 5.13. The highest BCUT2D eigenvalue weighted by Crippen LogP contribution is 2.36. The molecule has 19 heavy (non-hydrogen) atoms. The first kappa shape index (κ1) is 15.0. The van der Waals surface area contributed by atoms with E-state index >= 15 is 0 Å². The van der Waals surface area contributed by atoms with Crippen molar-refractivity contribution in [2.75, 3.05) is 20.1 Å². The van der Waals surface area contributed by atoms with E-state index < -0.39 is 0 Å². The molecular weight excluding hydrogens is 324 g/mol. The summed E-state index contributed by atoms with van der Waals surface area (Å²) in [5.74, 6) is 0.640. The number of carbonyl (C=O) groups excluding carboxylic acids is 1. The number of thiophene rings is 1. The van der Waals surface area contributed by atoms with Crippen molar-refractivity contribution in [2.24, 2.45) is 11.3 Å². The van der Waals surface area contributed by atoms with E-state index in [9.17, 15) is 4.79 Å². The van der Waals surface area contributed by atoms with Gasteiger partial charge in [-0.15, -0.1) is 11.3 Å². The van der Waals surface area contributed by atoms with Gasteiger partial charge in [0.1, 0.15) is 0 Å². The number of halogens is 1. The molecule has 1 aromatic heterocycles. The molecule has 2 rings (SSSR count). The maximum absolute atomic E-state index is 12.8. The van der Waals surface area contributed by atoms with Crippen LogP contribution in [0.2, 0.25) is 0 Å². The number of rotatable bonds is 4. The van der Waals surface area contributed by atoms with E-state index in [4.69, 9.17) is 0 Å². The second kappa shape index (κ2) is 5.94. The zero-order valence-electron chi connectivity index (χ0n) is 11.7. The van der Waals surface area contributed by atoms with Crippen molar-refractivity contribution in [1.29, 1.82) is 0 Å². The van der Waals surface area contributed by atoms with E-state index in [0.29, 0.717) is 12.5 Å². The molecule has 1 unspecified atom stereocenters. The minimum absolute atomic E-state index is 0.220. The Hall–Kier alpha value is -0.390. The molecule has 1 atom stereocenters. The van der Waals surface area contributed by atoms with Crippen LogP contribution in [0, 0.1) is 11.3 Å². The van der Waals surface area contributed by atoms with Crippen molar-refractivity contribution in [3.63, 3.8) is 0 Å². The van der Waals surface area contributed by atoms with Gasteiger partial charge in [-0.1, -0.05) is 13.8 Å². The lowest BCUT2D eigenvalue weighted by Gasteiger charge is -2.35. The predicted molar refractivity (Wildman–Crippen MR) is 83.3 cm³/mol. The molecule has 3 nitrogen and oxygen atoms in total. The Morgan fingerprint density at radius 3 is 2.84 bits per heavy atom. The van der Waals surface area contributed by atoms with Crippen LogP contribution >= 0.6 is 27.3 Å². The smallest absolute Gasteiger partial charge is 0.230 e. The van der Waals surface area contributed by atoms with Gasteiger partial charge in [0.15, 0.2) is 0 Å². The van der Waals surface area contributed by atoms with Crippen LogP contribution in [0.4, 0.5) is 0 Å². The molecule has 2 heterocycles. The molecule has 0 saturated carbocycles. The van der Waals surface area contributed by atoms with Crippen molar-refractivity contribution in [2.45, 2.75) is 26.8 Å². The summed E-state index contributed by atoms with van der Waals surface area (Å²) < 4.78 is 1.12. The third kappa shape index (κ3) is 3.03. The monoisotopic (exact) mass is 344 g/mol. The fourth-order valence-electron chi connectivity index (χ4n) is 2.79. The molecule has 0 radical (unpaired) electrons. The number of carbonyl (C=O) groups is 1. The average Bonchev–Trinajstić information content (AvgIpc) is 2.98. The predicted octanol–water partition coefficient (Wildman–Crippen LogP) is 3.10. The van der Waals surface area contributed by atoms with E-state index in [-0.39, 0.29) is 11.3 Å². The zero-order chi connectivity index (χ0) is 14.0. The molecule has 5 heteroatoms. The Morgan fingerprint density at radius 1 is 1.63 bits per heavy atom. The van der Waals surface area contributed by atoms with Gasteiger partial charge in [0, 0.05) is 20.1 Å². The van der Waals surface area contributed by atoms with Crippen LogP contribution in [0.1, 0.15) is 25.8 Å². The van der Waals surface area contributed by atoms with Crippen LogP contribution in [-0.2, 0) is 11.3 Å². The average molecular weight is 345 g/mol. The maximum atomic E-state index is 12.8. The van der Waals surface area contributed by atoms with Gasteiger partial charge in [-0.25, -0.2) is 0 Å². The van der Waals surface area contributed by atoms with Gasteiger partial charge >= 0.3 is 0 Å². The van der Waals surface area contributed by atoms with Crippen LogP contribution in [0.3, 0.4) is 0 Å². The van der Waals surface area contributed by atoms with Gasteiger partial charge in [0.2, 0.25) is 5.91 Å². The lowest BCUT2D eigenvalue weighted by Crippen LogP contribution is -2.46. The Bertz CT molecular complexity index is 452. The lowest BCUT2D eigenvalue weighted by atomic mass is 9.75. The van der Waals surface area contributed by atoms with Crippen LogP contribution in [0.25, 0.3) is 0 Å². The standard InChI is InChI=1S/C14H21BrN2OS/c1-10(2)14(4-5-16-9-14)13(18)17(3)7-11-6-12(15)19-8-11/h6,8,10,16H,4-5,7,9H2,1-3H3. The van der Waals surface area contributed by atoms with Crippen LogP contribution in [0.15, 0.2) is 15.2 Å². The molecule has 1 aliphatic rings. The molecule has 1 aromatic rings. The number of nitrogens with zero attached hydrogens (tertiary/aromatic N) is 1. The normalized spacial score (nSPS) is 23.0. The second-order valence-electron chi connectivity index (χ2n) is 5.66. The van der Waals surface area contributed by atoms with Gasteiger partial charge in [0.25, 0.3) is 0 Å². The summed E-state index contributed by atoms with van der Waals surface area (Å²) in [5.41, 5.74) is 0.972. The molecule has 0 spiro atoms. The first-order chi connectivity index (χ1) is 8.95. The molecule has 1 amide bonds. The highest BCUT2D eigenvalue weighted by molar-refractivity contribution is 9.11. The number of amides is 1. The summed E-state index contributed by atoms with van der Waals surface area (Å²) in [6.45, 7) is 6.75. The minimum Gasteiger partial charge on any atom is -0.341 e. The van der Waals surface area contributed by atoms with Gasteiger partial charge in [0.05, 0.1) is 9.20 Å². The van der Waals surface area contributed by atoms with Gasteiger partial charge in [-0.05, 0) is 51.8 Å². The fraction of sp³-hybridized carbons (Fsp3) is 0.643. The van der Waals surface area contributed by atoms with Gasteiger partial charge < -0.3 is 10.2 Å². The highest BCUT2D eigenvalue weighted by Gasteiger charge is 2.45. The Kier molecular flexibility index (Phi) is 4.69. The summed E-state index contributed by atoms with van der Waals surface area (Å²) in [6, 6.07) is 2.09.